The minimum atomic E-state index is -3.93. The molecule has 1 aliphatic rings. The zero-order valence-electron chi connectivity index (χ0n) is 21.5. The minimum absolute atomic E-state index is 0.0252. The number of carbonyl (C=O) groups is 1. The first-order chi connectivity index (χ1) is 17.0. The monoisotopic (exact) mass is 513 g/mol. The van der Waals surface area contributed by atoms with Gasteiger partial charge in [-0.05, 0) is 37.3 Å². The van der Waals surface area contributed by atoms with Gasteiger partial charge in [0.1, 0.15) is 16.7 Å². The summed E-state index contributed by atoms with van der Waals surface area (Å²) < 4.78 is 34.8. The number of amides is 1. The Balaban J connectivity index is 1.96. The van der Waals surface area contributed by atoms with Crippen LogP contribution in [0.5, 0.6) is 5.75 Å². The van der Waals surface area contributed by atoms with Crippen molar-refractivity contribution in [1.82, 2.24) is 14.2 Å². The number of hydrogen-bond donors (Lipinski definition) is 1. The molecule has 2 heterocycles. The van der Waals surface area contributed by atoms with Crippen molar-refractivity contribution in [1.29, 1.82) is 0 Å². The lowest BCUT2D eigenvalue weighted by atomic mass is 10.0. The molecular formula is C27H35N3O5S. The van der Waals surface area contributed by atoms with E-state index in [-0.39, 0.29) is 54.5 Å². The maximum Gasteiger partial charge on any atom is 0.247 e. The Morgan fingerprint density at radius 1 is 1.28 bits per heavy atom. The molecule has 1 aromatic heterocycles. The summed E-state index contributed by atoms with van der Waals surface area (Å²) in [5.74, 6) is 6.12. The highest BCUT2D eigenvalue weighted by Gasteiger charge is 2.38. The average molecular weight is 514 g/mol. The second kappa shape index (κ2) is 11.9. The maximum atomic E-state index is 13.6. The molecule has 1 aliphatic heterocycles. The number of carbonyl (C=O) groups excluding carboxylic acids is 1. The van der Waals surface area contributed by atoms with Crippen LogP contribution >= 0.6 is 0 Å². The highest BCUT2D eigenvalue weighted by atomic mass is 32.2. The molecule has 194 valence electrons. The topological polar surface area (TPSA) is 100 Å². The van der Waals surface area contributed by atoms with Crippen molar-refractivity contribution in [2.75, 3.05) is 26.7 Å². The predicted molar refractivity (Wildman–Crippen MR) is 138 cm³/mol. The second-order valence-corrected chi connectivity index (χ2v) is 11.5. The molecule has 0 fully saturated rings. The molecule has 0 radical (unpaired) electrons. The standard InChI is InChI=1S/C27H35N3O5S/c1-19(2)9-10-22-11-12-26-24(14-22)35-25(20(3)16-30(21(4)18-31)36(26,33)34)17-29(5)27(32)15-23-8-6-7-13-28-23/h6-8,11-14,19-21,25,31H,15-18H2,1-5H3/t20-,21+,25-/m0/s1. The third-order valence-electron chi connectivity index (χ3n) is 6.11. The van der Waals surface area contributed by atoms with Gasteiger partial charge in [0.2, 0.25) is 15.9 Å². The van der Waals surface area contributed by atoms with Crippen LogP contribution in [0.25, 0.3) is 0 Å². The van der Waals surface area contributed by atoms with Gasteiger partial charge in [0, 0.05) is 48.9 Å². The molecule has 0 saturated carbocycles. The van der Waals surface area contributed by atoms with E-state index in [2.05, 4.69) is 16.8 Å². The summed E-state index contributed by atoms with van der Waals surface area (Å²) in [7, 11) is -2.23. The molecule has 3 atom stereocenters. The van der Waals surface area contributed by atoms with Gasteiger partial charge in [-0.1, -0.05) is 38.7 Å². The highest BCUT2D eigenvalue weighted by Crippen LogP contribution is 2.34. The van der Waals surface area contributed by atoms with Gasteiger partial charge in [0.25, 0.3) is 0 Å². The van der Waals surface area contributed by atoms with E-state index < -0.39 is 22.2 Å². The first-order valence-corrected chi connectivity index (χ1v) is 13.6. The van der Waals surface area contributed by atoms with Crippen molar-refractivity contribution in [3.63, 3.8) is 0 Å². The van der Waals surface area contributed by atoms with Gasteiger partial charge in [-0.3, -0.25) is 9.78 Å². The SMILES string of the molecule is CC(C)C#Cc1ccc2c(c1)O[C@@H](CN(C)C(=O)Cc1ccccn1)[C@@H](C)CN([C@H](C)CO)S2(=O)=O. The van der Waals surface area contributed by atoms with Crippen molar-refractivity contribution >= 4 is 15.9 Å². The molecule has 0 spiro atoms. The van der Waals surface area contributed by atoms with E-state index >= 15 is 0 Å². The Morgan fingerprint density at radius 2 is 2.03 bits per heavy atom. The second-order valence-electron chi connectivity index (χ2n) is 9.60. The summed E-state index contributed by atoms with van der Waals surface area (Å²) in [4.78, 5) is 18.7. The van der Waals surface area contributed by atoms with Crippen LogP contribution in [0.2, 0.25) is 0 Å². The molecule has 2 aromatic rings. The lowest BCUT2D eigenvalue weighted by Gasteiger charge is -2.37. The fourth-order valence-electron chi connectivity index (χ4n) is 3.91. The van der Waals surface area contributed by atoms with Crippen molar-refractivity contribution < 1.29 is 23.1 Å². The van der Waals surface area contributed by atoms with E-state index in [1.54, 1.807) is 49.3 Å². The summed E-state index contributed by atoms with van der Waals surface area (Å²) >= 11 is 0. The van der Waals surface area contributed by atoms with Crippen molar-refractivity contribution in [2.45, 2.75) is 51.2 Å². The number of pyridine rings is 1. The van der Waals surface area contributed by atoms with Crippen molar-refractivity contribution in [2.24, 2.45) is 11.8 Å². The highest BCUT2D eigenvalue weighted by molar-refractivity contribution is 7.89. The van der Waals surface area contributed by atoms with Crippen LogP contribution < -0.4 is 4.74 Å². The zero-order valence-corrected chi connectivity index (χ0v) is 22.3. The summed E-state index contributed by atoms with van der Waals surface area (Å²) in [6.07, 6.45) is 1.32. The Kier molecular flexibility index (Phi) is 9.12. The first kappa shape index (κ1) is 27.7. The van der Waals surface area contributed by atoms with Gasteiger partial charge < -0.3 is 14.7 Å². The van der Waals surface area contributed by atoms with Gasteiger partial charge >= 0.3 is 0 Å². The number of fused-ring (bicyclic) bond motifs is 1. The van der Waals surface area contributed by atoms with E-state index in [4.69, 9.17) is 4.74 Å². The Morgan fingerprint density at radius 3 is 2.67 bits per heavy atom. The normalized spacial score (nSPS) is 20.2. The first-order valence-electron chi connectivity index (χ1n) is 12.1. The van der Waals surface area contributed by atoms with Crippen LogP contribution in [0.3, 0.4) is 0 Å². The molecule has 9 heteroatoms. The number of ether oxygens (including phenoxy) is 1. The van der Waals surface area contributed by atoms with Gasteiger partial charge in [-0.2, -0.15) is 4.31 Å². The van der Waals surface area contributed by atoms with Crippen LogP contribution in [-0.4, -0.2) is 72.5 Å². The molecule has 0 unspecified atom stereocenters. The van der Waals surface area contributed by atoms with Crippen molar-refractivity contribution in [3.05, 3.63) is 53.9 Å². The summed E-state index contributed by atoms with van der Waals surface area (Å²) in [5, 5.41) is 9.79. The number of aliphatic hydroxyl groups excluding tert-OH is 1. The van der Waals surface area contributed by atoms with Gasteiger partial charge in [-0.15, -0.1) is 0 Å². The Labute approximate surface area is 214 Å². The average Bonchev–Trinajstić information content (AvgIpc) is 2.84. The third kappa shape index (κ3) is 6.64. The largest absolute Gasteiger partial charge is 0.487 e. The van der Waals surface area contributed by atoms with E-state index in [0.717, 1.165) is 0 Å². The lowest BCUT2D eigenvalue weighted by molar-refractivity contribution is -0.130. The molecular weight excluding hydrogens is 478 g/mol. The maximum absolute atomic E-state index is 13.6. The smallest absolute Gasteiger partial charge is 0.247 e. The molecule has 0 saturated heterocycles. The molecule has 1 N–H and O–H groups in total. The number of sulfonamides is 1. The van der Waals surface area contributed by atoms with Crippen LogP contribution in [0, 0.1) is 23.7 Å². The van der Waals surface area contributed by atoms with E-state index in [1.165, 1.54) is 10.4 Å². The minimum Gasteiger partial charge on any atom is -0.487 e. The van der Waals surface area contributed by atoms with Gasteiger partial charge in [-0.25, -0.2) is 8.42 Å². The number of hydrogen-bond acceptors (Lipinski definition) is 6. The van der Waals surface area contributed by atoms with E-state index in [9.17, 15) is 18.3 Å². The van der Waals surface area contributed by atoms with Crippen LogP contribution in [0.15, 0.2) is 47.5 Å². The molecule has 1 amide bonds. The third-order valence-corrected chi connectivity index (χ3v) is 8.13. The summed E-state index contributed by atoms with van der Waals surface area (Å²) in [6.45, 7) is 7.61. The molecule has 36 heavy (non-hydrogen) atoms. The number of aliphatic hydroxyl groups is 1. The van der Waals surface area contributed by atoms with Crippen LogP contribution in [0.1, 0.15) is 39.0 Å². The number of likely N-dealkylation sites (N-methyl/N-ethyl adjacent to an activating group) is 1. The quantitative estimate of drug-likeness (QED) is 0.596. The molecule has 1 aromatic carbocycles. The predicted octanol–water partition coefficient (Wildman–Crippen LogP) is 2.56. The Hall–Kier alpha value is -2.93. The van der Waals surface area contributed by atoms with Crippen molar-refractivity contribution in [3.8, 4) is 17.6 Å². The molecule has 3 rings (SSSR count). The molecule has 0 aliphatic carbocycles. The summed E-state index contributed by atoms with van der Waals surface area (Å²) in [6, 6.07) is 9.64. The van der Waals surface area contributed by atoms with E-state index in [1.807, 2.05) is 26.8 Å². The number of benzene rings is 1. The van der Waals surface area contributed by atoms with Gasteiger partial charge in [0.15, 0.2) is 0 Å². The number of nitrogens with zero attached hydrogens (tertiary/aromatic N) is 3. The fourth-order valence-corrected chi connectivity index (χ4v) is 5.74. The Bertz CT molecular complexity index is 1220. The number of rotatable bonds is 6. The van der Waals surface area contributed by atoms with Crippen LogP contribution in [-0.2, 0) is 21.2 Å². The number of aromatic nitrogens is 1. The summed E-state index contributed by atoms with van der Waals surface area (Å²) in [5.41, 5.74) is 1.32. The fraction of sp³-hybridized carbons (Fsp3) is 0.481. The van der Waals surface area contributed by atoms with E-state index in [0.29, 0.717) is 11.3 Å². The molecule has 8 nitrogen and oxygen atoms in total. The lowest BCUT2D eigenvalue weighted by Crippen LogP contribution is -2.50. The molecule has 0 bridgehead atoms. The van der Waals surface area contributed by atoms with Gasteiger partial charge in [0.05, 0.1) is 19.6 Å². The van der Waals surface area contributed by atoms with Crippen LogP contribution in [0.4, 0.5) is 0 Å². The zero-order chi connectivity index (χ0) is 26.5.